The monoisotopic (exact) mass is 511 g/mol. The molecule has 0 N–H and O–H groups in total. The number of carbonyl (C=O) groups is 1. The minimum absolute atomic E-state index is 0.0772. The number of halogens is 2. The lowest BCUT2D eigenvalue weighted by atomic mass is 10.0. The number of aromatic nitrogens is 2. The Morgan fingerprint density at radius 1 is 0.921 bits per heavy atom. The number of guanidine groups is 1. The Hall–Kier alpha value is -4.33. The van der Waals surface area contributed by atoms with Gasteiger partial charge < -0.3 is 4.57 Å². The summed E-state index contributed by atoms with van der Waals surface area (Å²) >= 11 is 0. The first-order chi connectivity index (χ1) is 18.3. The molecule has 0 radical (unpaired) electrons. The highest BCUT2D eigenvalue weighted by Crippen LogP contribution is 2.39. The van der Waals surface area contributed by atoms with Crippen molar-refractivity contribution < 1.29 is 13.6 Å². The second kappa shape index (κ2) is 8.90. The van der Waals surface area contributed by atoms with Crippen LogP contribution in [0.4, 0.5) is 14.6 Å². The lowest BCUT2D eigenvalue weighted by Gasteiger charge is -2.34. The van der Waals surface area contributed by atoms with Crippen LogP contribution in [0.1, 0.15) is 36.8 Å². The number of imidazole rings is 1. The van der Waals surface area contributed by atoms with Crippen LogP contribution in [-0.2, 0) is 6.54 Å². The standard InChI is InChI=1S/C30H27F2N5O/c1-4-35-28(38)25-27(37-18-30(2,3)34-29(35)37)36(17-22-14-15-23(31)16-24(22)32)26(33-25)21-12-10-20(11-13-21)19-8-6-5-7-9-19/h5-16H,4,17-18H2,1-3H3. The molecule has 6 nitrogen and oxygen atoms in total. The zero-order valence-electron chi connectivity index (χ0n) is 21.4. The number of hydrogen-bond acceptors (Lipinski definition) is 4. The van der Waals surface area contributed by atoms with Gasteiger partial charge in [0.05, 0.1) is 18.6 Å². The number of hydrogen-bond donors (Lipinski definition) is 0. The zero-order chi connectivity index (χ0) is 26.6. The van der Waals surface area contributed by atoms with Crippen LogP contribution in [0.2, 0.25) is 0 Å². The second-order valence-corrected chi connectivity index (χ2v) is 10.2. The Morgan fingerprint density at radius 3 is 2.29 bits per heavy atom. The van der Waals surface area contributed by atoms with E-state index in [1.54, 1.807) is 4.90 Å². The Labute approximate surface area is 219 Å². The molecule has 0 atom stereocenters. The largest absolute Gasteiger partial charge is 0.305 e. The van der Waals surface area contributed by atoms with Crippen LogP contribution in [0.15, 0.2) is 77.8 Å². The fourth-order valence-electron chi connectivity index (χ4n) is 5.20. The zero-order valence-corrected chi connectivity index (χ0v) is 21.4. The molecule has 38 heavy (non-hydrogen) atoms. The van der Waals surface area contributed by atoms with Crippen LogP contribution in [0, 0.1) is 11.6 Å². The average Bonchev–Trinajstić information content (AvgIpc) is 3.43. The van der Waals surface area contributed by atoms with Gasteiger partial charge in [0.2, 0.25) is 5.96 Å². The lowest BCUT2D eigenvalue weighted by Crippen LogP contribution is -2.51. The molecule has 3 heterocycles. The number of anilines is 1. The van der Waals surface area contributed by atoms with E-state index in [4.69, 9.17) is 9.98 Å². The predicted molar refractivity (Wildman–Crippen MR) is 144 cm³/mol. The quantitative estimate of drug-likeness (QED) is 0.332. The van der Waals surface area contributed by atoms with Crippen molar-refractivity contribution in [3.8, 4) is 22.5 Å². The number of rotatable bonds is 5. The third-order valence-corrected chi connectivity index (χ3v) is 6.98. The van der Waals surface area contributed by atoms with Crippen LogP contribution in [-0.4, -0.2) is 44.9 Å². The lowest BCUT2D eigenvalue weighted by molar-refractivity contribution is 0.0841. The van der Waals surface area contributed by atoms with Crippen LogP contribution in [0.25, 0.3) is 22.5 Å². The summed E-state index contributed by atoms with van der Waals surface area (Å²) < 4.78 is 30.4. The highest BCUT2D eigenvalue weighted by Gasteiger charge is 2.45. The number of amides is 1. The number of nitrogens with zero attached hydrogens (tertiary/aromatic N) is 5. The molecule has 3 aromatic carbocycles. The van der Waals surface area contributed by atoms with Gasteiger partial charge >= 0.3 is 0 Å². The van der Waals surface area contributed by atoms with Crippen molar-refractivity contribution in [2.24, 2.45) is 4.99 Å². The molecule has 0 unspecified atom stereocenters. The molecule has 1 amide bonds. The molecule has 1 aromatic heterocycles. The number of carbonyl (C=O) groups excluding carboxylic acids is 1. The van der Waals surface area contributed by atoms with Gasteiger partial charge in [-0.3, -0.25) is 14.6 Å². The first kappa shape index (κ1) is 24.0. The van der Waals surface area contributed by atoms with E-state index in [1.807, 2.05) is 84.8 Å². The van der Waals surface area contributed by atoms with Gasteiger partial charge in [0.1, 0.15) is 23.3 Å². The molecule has 6 rings (SSSR count). The maximum absolute atomic E-state index is 14.8. The molecular formula is C30H27F2N5O. The van der Waals surface area contributed by atoms with Gasteiger partial charge in [-0.2, -0.15) is 0 Å². The minimum Gasteiger partial charge on any atom is -0.305 e. The first-order valence-corrected chi connectivity index (χ1v) is 12.7. The summed E-state index contributed by atoms with van der Waals surface area (Å²) in [7, 11) is 0. The molecule has 0 fully saturated rings. The number of fused-ring (bicyclic) bond motifs is 3. The van der Waals surface area contributed by atoms with Gasteiger partial charge in [0, 0.05) is 23.7 Å². The molecule has 0 aliphatic carbocycles. The Balaban J connectivity index is 1.52. The number of benzene rings is 3. The van der Waals surface area contributed by atoms with Crippen LogP contribution in [0.5, 0.6) is 0 Å². The summed E-state index contributed by atoms with van der Waals surface area (Å²) in [6, 6.07) is 21.5. The maximum Gasteiger partial charge on any atom is 0.283 e. The van der Waals surface area contributed by atoms with Crippen molar-refractivity contribution in [1.29, 1.82) is 0 Å². The van der Waals surface area contributed by atoms with Crippen molar-refractivity contribution in [2.75, 3.05) is 18.0 Å². The van der Waals surface area contributed by atoms with E-state index in [-0.39, 0.29) is 12.5 Å². The fraction of sp³-hybridized carbons (Fsp3) is 0.233. The SMILES string of the molecule is CCN1C(=O)c2nc(-c3ccc(-c4ccccc4)cc3)n(Cc3ccc(F)cc3F)c2N2CC(C)(C)N=C12. The van der Waals surface area contributed by atoms with Crippen LogP contribution < -0.4 is 4.90 Å². The second-order valence-electron chi connectivity index (χ2n) is 10.2. The van der Waals surface area contributed by atoms with Crippen molar-refractivity contribution >= 4 is 17.7 Å². The van der Waals surface area contributed by atoms with E-state index in [0.29, 0.717) is 41.9 Å². The summed E-state index contributed by atoms with van der Waals surface area (Å²) in [6.07, 6.45) is 0. The van der Waals surface area contributed by atoms with E-state index >= 15 is 0 Å². The Bertz CT molecular complexity index is 1570. The summed E-state index contributed by atoms with van der Waals surface area (Å²) in [5, 5.41) is 0. The predicted octanol–water partition coefficient (Wildman–Crippen LogP) is 5.97. The normalized spacial score (nSPS) is 15.9. The third kappa shape index (κ3) is 3.97. The highest BCUT2D eigenvalue weighted by molar-refractivity contribution is 6.18. The molecule has 0 spiro atoms. The Kier molecular flexibility index (Phi) is 5.63. The molecule has 2 aliphatic heterocycles. The van der Waals surface area contributed by atoms with Gasteiger partial charge in [-0.05, 0) is 38.0 Å². The average molecular weight is 512 g/mol. The molecular weight excluding hydrogens is 484 g/mol. The molecule has 2 aliphatic rings. The topological polar surface area (TPSA) is 53.7 Å². The fourth-order valence-corrected chi connectivity index (χ4v) is 5.20. The van der Waals surface area contributed by atoms with Crippen molar-refractivity contribution in [1.82, 2.24) is 14.5 Å². The molecule has 0 bridgehead atoms. The molecule has 8 heteroatoms. The van der Waals surface area contributed by atoms with Crippen LogP contribution >= 0.6 is 0 Å². The van der Waals surface area contributed by atoms with Crippen LogP contribution in [0.3, 0.4) is 0 Å². The first-order valence-electron chi connectivity index (χ1n) is 12.7. The summed E-state index contributed by atoms with van der Waals surface area (Å²) in [6.45, 7) is 7.00. The van der Waals surface area contributed by atoms with Gasteiger partial charge in [-0.25, -0.2) is 18.8 Å². The van der Waals surface area contributed by atoms with Gasteiger partial charge in [0.15, 0.2) is 5.69 Å². The summed E-state index contributed by atoms with van der Waals surface area (Å²) in [5.41, 5.74) is 3.10. The molecule has 192 valence electrons. The summed E-state index contributed by atoms with van der Waals surface area (Å²) in [5.74, 6) is 0.159. The minimum atomic E-state index is -0.647. The number of aliphatic imine (C=N–C) groups is 1. The van der Waals surface area contributed by atoms with Gasteiger partial charge in [-0.1, -0.05) is 60.7 Å². The highest BCUT2D eigenvalue weighted by atomic mass is 19.1. The van der Waals surface area contributed by atoms with Crippen molar-refractivity contribution in [3.05, 3.63) is 95.7 Å². The molecule has 0 saturated carbocycles. The van der Waals surface area contributed by atoms with Gasteiger partial charge in [0.25, 0.3) is 5.91 Å². The van der Waals surface area contributed by atoms with E-state index < -0.39 is 17.2 Å². The van der Waals surface area contributed by atoms with E-state index in [2.05, 4.69) is 0 Å². The smallest absolute Gasteiger partial charge is 0.283 e. The Morgan fingerprint density at radius 2 is 1.61 bits per heavy atom. The molecule has 4 aromatic rings. The van der Waals surface area contributed by atoms with E-state index in [0.717, 1.165) is 22.8 Å². The maximum atomic E-state index is 14.8. The van der Waals surface area contributed by atoms with Crippen molar-refractivity contribution in [2.45, 2.75) is 32.9 Å². The van der Waals surface area contributed by atoms with E-state index in [9.17, 15) is 13.6 Å². The van der Waals surface area contributed by atoms with Crippen molar-refractivity contribution in [3.63, 3.8) is 0 Å². The molecule has 0 saturated heterocycles. The van der Waals surface area contributed by atoms with Gasteiger partial charge in [-0.15, -0.1) is 0 Å². The third-order valence-electron chi connectivity index (χ3n) is 6.98. The summed E-state index contributed by atoms with van der Waals surface area (Å²) in [4.78, 5) is 26.9. The van der Waals surface area contributed by atoms with E-state index in [1.165, 1.54) is 12.1 Å².